The summed E-state index contributed by atoms with van der Waals surface area (Å²) in [5, 5.41) is 0. The predicted molar refractivity (Wildman–Crippen MR) is 147 cm³/mol. The van der Waals surface area contributed by atoms with Crippen LogP contribution in [0.5, 0.6) is 5.75 Å². The first kappa shape index (κ1) is 33.9. The third-order valence-electron chi connectivity index (χ3n) is 6.73. The van der Waals surface area contributed by atoms with Crippen molar-refractivity contribution in [3.8, 4) is 5.75 Å². The Bertz CT molecular complexity index is 1560. The lowest BCUT2D eigenvalue weighted by Gasteiger charge is -2.33. The van der Waals surface area contributed by atoms with E-state index in [-0.39, 0.29) is 44.0 Å². The molecule has 0 amide bonds. The molecular formula is C30H31F6NO5S. The number of hydrogen-bond donors (Lipinski definition) is 0. The molecule has 0 heterocycles. The number of alkyl halides is 3. The van der Waals surface area contributed by atoms with E-state index < -0.39 is 60.9 Å². The molecule has 3 aromatic rings. The largest absolute Gasteiger partial charge is 0.493 e. The molecule has 0 aliphatic rings. The topological polar surface area (TPSA) is 72.9 Å². The van der Waals surface area contributed by atoms with Gasteiger partial charge in [0.2, 0.25) is 0 Å². The first-order valence-electron chi connectivity index (χ1n) is 13.0. The number of rotatable bonds is 12. The zero-order chi connectivity index (χ0) is 32.2. The van der Waals surface area contributed by atoms with Crippen LogP contribution in [0.3, 0.4) is 0 Å². The van der Waals surface area contributed by atoms with E-state index in [4.69, 9.17) is 4.74 Å². The van der Waals surface area contributed by atoms with Crippen molar-refractivity contribution in [3.63, 3.8) is 0 Å². The molecule has 0 aliphatic carbocycles. The number of sulfone groups is 1. The van der Waals surface area contributed by atoms with Crippen LogP contribution < -0.4 is 4.74 Å². The summed E-state index contributed by atoms with van der Waals surface area (Å²) >= 11 is 0. The minimum absolute atomic E-state index is 0.0846. The summed E-state index contributed by atoms with van der Waals surface area (Å²) in [6.07, 6.45) is -3.87. The summed E-state index contributed by atoms with van der Waals surface area (Å²) in [6, 6.07) is 10.6. The smallest absolute Gasteiger partial charge is 0.419 e. The van der Waals surface area contributed by atoms with Gasteiger partial charge in [-0.2, -0.15) is 13.2 Å². The van der Waals surface area contributed by atoms with Crippen LogP contribution in [0.15, 0.2) is 59.5 Å². The fourth-order valence-corrected chi connectivity index (χ4v) is 5.52. The zero-order valence-electron chi connectivity index (χ0n) is 23.9. The fourth-order valence-electron chi connectivity index (χ4n) is 4.64. The number of benzene rings is 3. The second-order valence-electron chi connectivity index (χ2n) is 10.6. The van der Waals surface area contributed by atoms with E-state index in [1.54, 1.807) is 17.0 Å². The molecule has 3 rings (SSSR count). The molecule has 6 nitrogen and oxygen atoms in total. The fraction of sp³-hybridized carbons (Fsp3) is 0.367. The molecule has 0 N–H and O–H groups in total. The third kappa shape index (κ3) is 8.73. The van der Waals surface area contributed by atoms with Crippen LogP contribution in [-0.2, 0) is 32.7 Å². The Morgan fingerprint density at radius 1 is 0.977 bits per heavy atom. The van der Waals surface area contributed by atoms with Crippen molar-refractivity contribution in [1.29, 1.82) is 0 Å². The molecule has 0 radical (unpaired) electrons. The van der Waals surface area contributed by atoms with Crippen molar-refractivity contribution in [2.45, 2.75) is 43.3 Å². The molecule has 0 spiro atoms. The molecule has 13 heteroatoms. The van der Waals surface area contributed by atoms with E-state index in [0.717, 1.165) is 37.1 Å². The second-order valence-corrected chi connectivity index (χ2v) is 12.6. The van der Waals surface area contributed by atoms with Crippen molar-refractivity contribution in [1.82, 2.24) is 4.90 Å². The molecule has 43 heavy (non-hydrogen) atoms. The Balaban J connectivity index is 1.83. The summed E-state index contributed by atoms with van der Waals surface area (Å²) in [5.41, 5.74) is -2.21. The van der Waals surface area contributed by atoms with Crippen molar-refractivity contribution in [2.75, 3.05) is 33.1 Å². The quantitative estimate of drug-likeness (QED) is 0.128. The average Bonchev–Trinajstić information content (AvgIpc) is 2.90. The van der Waals surface area contributed by atoms with Gasteiger partial charge in [0.15, 0.2) is 9.84 Å². The molecular weight excluding hydrogens is 600 g/mol. The summed E-state index contributed by atoms with van der Waals surface area (Å²) < 4.78 is 118. The Morgan fingerprint density at radius 2 is 1.63 bits per heavy atom. The van der Waals surface area contributed by atoms with Gasteiger partial charge in [0.05, 0.1) is 24.2 Å². The molecule has 0 aliphatic heterocycles. The lowest BCUT2D eigenvalue weighted by atomic mass is 9.84. The van der Waals surface area contributed by atoms with Gasteiger partial charge in [0, 0.05) is 42.9 Å². The summed E-state index contributed by atoms with van der Waals surface area (Å²) in [4.78, 5) is 13.1. The summed E-state index contributed by atoms with van der Waals surface area (Å²) in [5.74, 6) is -4.33. The second kappa shape index (κ2) is 13.4. The molecule has 0 saturated carbocycles. The number of methoxy groups -OCH3 is 1. The molecule has 234 valence electrons. The summed E-state index contributed by atoms with van der Waals surface area (Å²) in [7, 11) is -3.07. The highest BCUT2D eigenvalue weighted by atomic mass is 32.2. The van der Waals surface area contributed by atoms with Crippen molar-refractivity contribution in [2.24, 2.45) is 0 Å². The Hall–Kier alpha value is -3.58. The van der Waals surface area contributed by atoms with Gasteiger partial charge < -0.3 is 9.47 Å². The monoisotopic (exact) mass is 631 g/mol. The van der Waals surface area contributed by atoms with Crippen LogP contribution in [-0.4, -0.2) is 52.3 Å². The highest BCUT2D eigenvalue weighted by molar-refractivity contribution is 7.90. The van der Waals surface area contributed by atoms with Gasteiger partial charge in [-0.3, -0.25) is 4.90 Å². The highest BCUT2D eigenvalue weighted by Crippen LogP contribution is 2.33. The van der Waals surface area contributed by atoms with Gasteiger partial charge in [0.1, 0.15) is 28.8 Å². The number of carbonyl (C=O) groups excluding carboxylic acids is 1. The maximum absolute atomic E-state index is 14.9. The average molecular weight is 632 g/mol. The Morgan fingerprint density at radius 3 is 2.21 bits per heavy atom. The summed E-state index contributed by atoms with van der Waals surface area (Å²) in [6.45, 7) is 3.84. The predicted octanol–water partition coefficient (Wildman–Crippen LogP) is 6.56. The van der Waals surface area contributed by atoms with Gasteiger partial charge >= 0.3 is 12.1 Å². The zero-order valence-corrected chi connectivity index (χ0v) is 24.7. The van der Waals surface area contributed by atoms with Gasteiger partial charge in [-0.25, -0.2) is 26.4 Å². The minimum atomic E-state index is -4.88. The number of esters is 1. The number of carbonyl (C=O) groups is 1. The van der Waals surface area contributed by atoms with Gasteiger partial charge in [0.25, 0.3) is 0 Å². The maximum Gasteiger partial charge on any atom is 0.419 e. The number of ether oxygens (including phenoxy) is 2. The molecule has 0 atom stereocenters. The van der Waals surface area contributed by atoms with Crippen LogP contribution in [0, 0.1) is 17.5 Å². The minimum Gasteiger partial charge on any atom is -0.493 e. The third-order valence-corrected chi connectivity index (χ3v) is 7.85. The molecule has 0 aromatic heterocycles. The lowest BCUT2D eigenvalue weighted by Crippen LogP contribution is -2.38. The SMILES string of the molecule is COC(=O)c1c(F)cc(OCCCN(Cc2cccc(C(F)(F)F)c2F)CC(C)(C)c2ccc(F)cc2)cc1S(C)(=O)=O. The van der Waals surface area contributed by atoms with E-state index >= 15 is 0 Å². The number of nitrogens with zero attached hydrogens (tertiary/aromatic N) is 1. The highest BCUT2D eigenvalue weighted by Gasteiger charge is 2.35. The van der Waals surface area contributed by atoms with Crippen molar-refractivity contribution in [3.05, 3.63) is 94.3 Å². The van der Waals surface area contributed by atoms with Crippen LogP contribution in [0.1, 0.15) is 47.3 Å². The number of halogens is 6. The molecule has 3 aromatic carbocycles. The first-order chi connectivity index (χ1) is 19.9. The first-order valence-corrected chi connectivity index (χ1v) is 14.9. The standard InChI is InChI=1S/C30H31F6NO5S/c1-29(2,20-9-11-21(31)12-10-20)18-37(17-19-7-5-8-23(27(19)33)30(34,35)36)13-6-14-42-22-15-24(32)26(28(38)41-3)25(16-22)43(4,39)40/h5,7-12,15-16H,6,13-14,17-18H2,1-4H3. The Labute approximate surface area is 246 Å². The van der Waals surface area contributed by atoms with Gasteiger partial charge in [-0.05, 0) is 36.2 Å². The van der Waals surface area contributed by atoms with Gasteiger partial charge in [-0.1, -0.05) is 38.1 Å². The van der Waals surface area contributed by atoms with E-state index in [1.165, 1.54) is 18.2 Å². The molecule has 0 bridgehead atoms. The van der Waals surface area contributed by atoms with Crippen LogP contribution in [0.2, 0.25) is 0 Å². The molecule has 0 fully saturated rings. The van der Waals surface area contributed by atoms with Crippen molar-refractivity contribution >= 4 is 15.8 Å². The normalized spacial score (nSPS) is 12.4. The lowest BCUT2D eigenvalue weighted by molar-refractivity contribution is -0.140. The van der Waals surface area contributed by atoms with E-state index in [2.05, 4.69) is 4.74 Å². The molecule has 0 unspecified atom stereocenters. The van der Waals surface area contributed by atoms with E-state index in [0.29, 0.717) is 6.07 Å². The maximum atomic E-state index is 14.9. The van der Waals surface area contributed by atoms with Crippen LogP contribution in [0.4, 0.5) is 26.3 Å². The van der Waals surface area contributed by atoms with Gasteiger partial charge in [-0.15, -0.1) is 0 Å². The van der Waals surface area contributed by atoms with Crippen molar-refractivity contribution < 1.29 is 49.0 Å². The molecule has 0 saturated heterocycles. The Kier molecular flexibility index (Phi) is 10.6. The van der Waals surface area contributed by atoms with Crippen LogP contribution >= 0.6 is 0 Å². The van der Waals surface area contributed by atoms with E-state index in [1.807, 2.05) is 13.8 Å². The van der Waals surface area contributed by atoms with E-state index in [9.17, 15) is 39.6 Å². The van der Waals surface area contributed by atoms with Crippen LogP contribution in [0.25, 0.3) is 0 Å². The number of hydrogen-bond acceptors (Lipinski definition) is 6.